The number of likely N-dealkylation sites (tertiary alicyclic amines) is 1. The van der Waals surface area contributed by atoms with Crippen LogP contribution in [-0.2, 0) is 10.0 Å². The summed E-state index contributed by atoms with van der Waals surface area (Å²) >= 11 is 5.98. The zero-order valence-corrected chi connectivity index (χ0v) is 14.8. The first kappa shape index (κ1) is 17.1. The number of aryl methyl sites for hydroxylation is 1. The molecule has 2 saturated heterocycles. The van der Waals surface area contributed by atoms with Gasteiger partial charge in [-0.1, -0.05) is 11.6 Å². The van der Waals surface area contributed by atoms with Crippen molar-refractivity contribution >= 4 is 21.6 Å². The minimum atomic E-state index is -3.66. The molecule has 128 valence electrons. The van der Waals surface area contributed by atoms with Gasteiger partial charge in [-0.3, -0.25) is 0 Å². The van der Waals surface area contributed by atoms with E-state index >= 15 is 0 Å². The number of nitrogens with zero attached hydrogens (tertiary/aromatic N) is 2. The van der Waals surface area contributed by atoms with E-state index in [9.17, 15) is 12.8 Å². The van der Waals surface area contributed by atoms with Gasteiger partial charge in [0.05, 0.1) is 5.02 Å². The van der Waals surface area contributed by atoms with Crippen LogP contribution in [0.15, 0.2) is 17.0 Å². The molecule has 0 radical (unpaired) electrons. The van der Waals surface area contributed by atoms with Crippen LogP contribution in [0.5, 0.6) is 0 Å². The Morgan fingerprint density at radius 3 is 2.35 bits per heavy atom. The maximum Gasteiger partial charge on any atom is 0.244 e. The molecule has 0 aliphatic carbocycles. The van der Waals surface area contributed by atoms with E-state index in [1.807, 2.05) is 0 Å². The summed E-state index contributed by atoms with van der Waals surface area (Å²) in [5.41, 5.74) is 0.292. The molecule has 2 heterocycles. The van der Waals surface area contributed by atoms with Crippen molar-refractivity contribution in [3.8, 4) is 0 Å². The molecule has 2 fully saturated rings. The molecule has 1 aromatic carbocycles. The first-order chi connectivity index (χ1) is 10.9. The van der Waals surface area contributed by atoms with Gasteiger partial charge in [0.1, 0.15) is 10.7 Å². The van der Waals surface area contributed by atoms with Crippen LogP contribution in [-0.4, -0.2) is 49.8 Å². The number of hydrogen-bond donors (Lipinski definition) is 0. The van der Waals surface area contributed by atoms with Crippen LogP contribution in [0.3, 0.4) is 0 Å². The van der Waals surface area contributed by atoms with E-state index < -0.39 is 15.8 Å². The molecule has 0 unspecified atom stereocenters. The van der Waals surface area contributed by atoms with Crippen molar-refractivity contribution in [2.45, 2.75) is 43.5 Å². The van der Waals surface area contributed by atoms with Crippen molar-refractivity contribution in [2.75, 3.05) is 26.2 Å². The van der Waals surface area contributed by atoms with E-state index in [1.165, 1.54) is 23.2 Å². The van der Waals surface area contributed by atoms with Gasteiger partial charge in [0, 0.05) is 19.1 Å². The minimum Gasteiger partial charge on any atom is -0.300 e. The zero-order chi connectivity index (χ0) is 16.6. The van der Waals surface area contributed by atoms with Gasteiger partial charge in [0.15, 0.2) is 0 Å². The van der Waals surface area contributed by atoms with Gasteiger partial charge in [-0.2, -0.15) is 4.31 Å². The molecule has 2 aliphatic heterocycles. The topological polar surface area (TPSA) is 40.6 Å². The summed E-state index contributed by atoms with van der Waals surface area (Å²) in [6.07, 6.45) is 4.17. The molecule has 0 saturated carbocycles. The summed E-state index contributed by atoms with van der Waals surface area (Å²) < 4.78 is 40.6. The van der Waals surface area contributed by atoms with Crippen LogP contribution in [0, 0.1) is 12.7 Å². The predicted molar refractivity (Wildman–Crippen MR) is 88.7 cm³/mol. The molecule has 0 amide bonds. The highest BCUT2D eigenvalue weighted by atomic mass is 35.5. The van der Waals surface area contributed by atoms with Crippen molar-refractivity contribution in [3.05, 3.63) is 28.5 Å². The monoisotopic (exact) mass is 360 g/mol. The predicted octanol–water partition coefficient (Wildman–Crippen LogP) is 3.04. The van der Waals surface area contributed by atoms with Gasteiger partial charge in [0.25, 0.3) is 0 Å². The first-order valence-electron chi connectivity index (χ1n) is 8.09. The lowest BCUT2D eigenvalue weighted by Gasteiger charge is -2.36. The third-order valence-electron chi connectivity index (χ3n) is 4.91. The first-order valence-corrected chi connectivity index (χ1v) is 9.91. The van der Waals surface area contributed by atoms with E-state index in [-0.39, 0.29) is 9.92 Å². The van der Waals surface area contributed by atoms with Gasteiger partial charge < -0.3 is 4.90 Å². The van der Waals surface area contributed by atoms with Gasteiger partial charge in [-0.05, 0) is 63.4 Å². The van der Waals surface area contributed by atoms with Crippen molar-refractivity contribution in [1.29, 1.82) is 0 Å². The second kappa shape index (κ2) is 6.67. The fraction of sp³-hybridized carbons (Fsp3) is 0.625. The molecule has 0 bridgehead atoms. The van der Waals surface area contributed by atoms with Crippen molar-refractivity contribution in [2.24, 2.45) is 0 Å². The molecule has 23 heavy (non-hydrogen) atoms. The molecule has 0 spiro atoms. The lowest BCUT2D eigenvalue weighted by molar-refractivity contribution is 0.168. The fourth-order valence-electron chi connectivity index (χ4n) is 3.52. The third-order valence-corrected chi connectivity index (χ3v) is 7.27. The second-order valence-corrected chi connectivity index (χ2v) is 8.72. The quantitative estimate of drug-likeness (QED) is 0.831. The van der Waals surface area contributed by atoms with Crippen molar-refractivity contribution in [1.82, 2.24) is 9.21 Å². The average Bonchev–Trinajstić information content (AvgIpc) is 3.05. The van der Waals surface area contributed by atoms with Crippen LogP contribution in [0.4, 0.5) is 4.39 Å². The van der Waals surface area contributed by atoms with Crippen LogP contribution in [0.25, 0.3) is 0 Å². The SMILES string of the molecule is Cc1cc(S(=O)(=O)N2CCC(N3CCCC3)CC2)c(Cl)cc1F. The number of halogens is 2. The average molecular weight is 361 g/mol. The highest BCUT2D eigenvalue weighted by molar-refractivity contribution is 7.89. The molecule has 0 aromatic heterocycles. The number of benzene rings is 1. The van der Waals surface area contributed by atoms with Crippen LogP contribution in [0.2, 0.25) is 5.02 Å². The normalized spacial score (nSPS) is 21.9. The van der Waals surface area contributed by atoms with Crippen LogP contribution < -0.4 is 0 Å². The van der Waals surface area contributed by atoms with E-state index in [1.54, 1.807) is 6.92 Å². The van der Waals surface area contributed by atoms with Gasteiger partial charge in [0.2, 0.25) is 10.0 Å². The second-order valence-electron chi connectivity index (χ2n) is 6.41. The van der Waals surface area contributed by atoms with E-state index in [0.29, 0.717) is 24.7 Å². The lowest BCUT2D eigenvalue weighted by Crippen LogP contribution is -2.45. The summed E-state index contributed by atoms with van der Waals surface area (Å²) in [5, 5.41) is -0.0465. The summed E-state index contributed by atoms with van der Waals surface area (Å²) in [4.78, 5) is 2.48. The summed E-state index contributed by atoms with van der Waals surface area (Å²) in [6, 6.07) is 2.90. The Morgan fingerprint density at radius 2 is 1.74 bits per heavy atom. The minimum absolute atomic E-state index is 0.0117. The number of hydrogen-bond acceptors (Lipinski definition) is 3. The molecule has 2 aliphatic rings. The fourth-order valence-corrected chi connectivity index (χ4v) is 5.57. The Kier molecular flexibility index (Phi) is 4.97. The van der Waals surface area contributed by atoms with E-state index in [0.717, 1.165) is 32.0 Å². The molecule has 1 aromatic rings. The van der Waals surface area contributed by atoms with E-state index in [2.05, 4.69) is 4.90 Å². The zero-order valence-electron chi connectivity index (χ0n) is 13.3. The molecule has 0 N–H and O–H groups in total. The van der Waals surface area contributed by atoms with Crippen molar-refractivity contribution < 1.29 is 12.8 Å². The number of piperidine rings is 1. The van der Waals surface area contributed by atoms with Gasteiger partial charge in [-0.25, -0.2) is 12.8 Å². The van der Waals surface area contributed by atoms with Crippen LogP contribution in [0.1, 0.15) is 31.2 Å². The smallest absolute Gasteiger partial charge is 0.244 e. The highest BCUT2D eigenvalue weighted by Gasteiger charge is 2.33. The summed E-state index contributed by atoms with van der Waals surface area (Å²) in [6.45, 7) is 4.79. The van der Waals surface area contributed by atoms with Gasteiger partial charge in [-0.15, -0.1) is 0 Å². The molecule has 7 heteroatoms. The standard InChI is InChI=1S/C16H22ClFN2O2S/c1-12-10-16(14(17)11-15(12)18)23(21,22)20-8-4-13(5-9-20)19-6-2-3-7-19/h10-11,13H,2-9H2,1H3. The molecule has 4 nitrogen and oxygen atoms in total. The third kappa shape index (κ3) is 3.40. The Morgan fingerprint density at radius 1 is 1.13 bits per heavy atom. The molecule has 0 atom stereocenters. The van der Waals surface area contributed by atoms with Gasteiger partial charge >= 0.3 is 0 Å². The summed E-state index contributed by atoms with van der Waals surface area (Å²) in [7, 11) is -3.66. The molecular formula is C16H22ClFN2O2S. The Labute approximate surface area is 142 Å². The largest absolute Gasteiger partial charge is 0.300 e. The lowest BCUT2D eigenvalue weighted by atomic mass is 10.1. The maximum atomic E-state index is 13.5. The van der Waals surface area contributed by atoms with E-state index in [4.69, 9.17) is 11.6 Å². The molecular weight excluding hydrogens is 339 g/mol. The number of rotatable bonds is 3. The highest BCUT2D eigenvalue weighted by Crippen LogP contribution is 2.30. The van der Waals surface area contributed by atoms with Crippen molar-refractivity contribution in [3.63, 3.8) is 0 Å². The maximum absolute atomic E-state index is 13.5. The number of sulfonamides is 1. The Balaban J connectivity index is 1.75. The van der Waals surface area contributed by atoms with Crippen LogP contribution >= 0.6 is 11.6 Å². The summed E-state index contributed by atoms with van der Waals surface area (Å²) in [5.74, 6) is -0.485. The molecule has 3 rings (SSSR count). The Hall–Kier alpha value is -0.690. The Bertz CT molecular complexity index is 682.